The average molecular weight is 440 g/mol. The molecule has 1 amide bonds. The molecule has 0 saturated heterocycles. The number of imidazole rings is 1. The molecule has 1 fully saturated rings. The molecule has 1 aliphatic heterocycles. The van der Waals surface area contributed by atoms with Crippen LogP contribution in [0.5, 0.6) is 5.75 Å². The van der Waals surface area contributed by atoms with Gasteiger partial charge in [-0.3, -0.25) is 9.78 Å². The lowest BCUT2D eigenvalue weighted by molar-refractivity contribution is -0.192. The van der Waals surface area contributed by atoms with E-state index in [9.17, 15) is 18.0 Å². The minimum atomic E-state index is -5.08. The quantitative estimate of drug-likeness (QED) is 0.785. The van der Waals surface area contributed by atoms with E-state index < -0.39 is 12.1 Å². The van der Waals surface area contributed by atoms with Crippen LogP contribution in [0, 0.1) is 11.8 Å². The summed E-state index contributed by atoms with van der Waals surface area (Å²) in [6.07, 6.45) is 5.40. The van der Waals surface area contributed by atoms with E-state index in [4.69, 9.17) is 14.6 Å². The van der Waals surface area contributed by atoms with Crippen molar-refractivity contribution in [1.29, 1.82) is 0 Å². The minimum Gasteiger partial charge on any atom is -0.492 e. The zero-order valence-electron chi connectivity index (χ0n) is 16.7. The van der Waals surface area contributed by atoms with E-state index in [1.807, 2.05) is 29.4 Å². The van der Waals surface area contributed by atoms with Crippen molar-refractivity contribution in [3.8, 4) is 5.75 Å². The van der Waals surface area contributed by atoms with E-state index in [1.165, 1.54) is 6.42 Å². The Morgan fingerprint density at radius 3 is 2.55 bits per heavy atom. The lowest BCUT2D eigenvalue weighted by Gasteiger charge is -2.32. The van der Waals surface area contributed by atoms with Crippen molar-refractivity contribution in [3.63, 3.8) is 0 Å². The van der Waals surface area contributed by atoms with Crippen LogP contribution < -0.4 is 4.74 Å². The number of carboxylic acids is 1. The largest absolute Gasteiger partial charge is 0.492 e. The third-order valence-corrected chi connectivity index (χ3v) is 5.20. The molecule has 0 aromatic carbocycles. The van der Waals surface area contributed by atoms with Gasteiger partial charge in [0.15, 0.2) is 0 Å². The fourth-order valence-corrected chi connectivity index (χ4v) is 3.37. The molecule has 1 saturated carbocycles. The minimum absolute atomic E-state index is 0.214. The van der Waals surface area contributed by atoms with Crippen LogP contribution in [0.15, 0.2) is 36.9 Å². The standard InChI is InChI=1S/C18H22N4O2.C2HF3O2/c23-18(15-3-1-4-15)22-11-14(10-21-8-7-20-17(21)12-22)13-24-16-5-2-6-19-9-16;3-2(4,5)1(6)7/h2,5-9,14-15H,1,3-4,10-13H2;(H,6,7). The van der Waals surface area contributed by atoms with Gasteiger partial charge in [0.25, 0.3) is 0 Å². The number of aliphatic carboxylic acids is 1. The maximum atomic E-state index is 12.7. The van der Waals surface area contributed by atoms with Gasteiger partial charge in [0.1, 0.15) is 11.6 Å². The number of carbonyl (C=O) groups excluding carboxylic acids is 1. The summed E-state index contributed by atoms with van der Waals surface area (Å²) < 4.78 is 39.8. The Morgan fingerprint density at radius 1 is 1.23 bits per heavy atom. The van der Waals surface area contributed by atoms with E-state index in [-0.39, 0.29) is 17.7 Å². The number of alkyl halides is 3. The van der Waals surface area contributed by atoms with Crippen molar-refractivity contribution in [1.82, 2.24) is 19.4 Å². The molecule has 0 radical (unpaired) electrons. The van der Waals surface area contributed by atoms with Crippen LogP contribution in [0.3, 0.4) is 0 Å². The summed E-state index contributed by atoms with van der Waals surface area (Å²) >= 11 is 0. The molecule has 4 rings (SSSR count). The van der Waals surface area contributed by atoms with E-state index >= 15 is 0 Å². The number of hydrogen-bond acceptors (Lipinski definition) is 5. The first kappa shape index (κ1) is 22.6. The molecule has 31 heavy (non-hydrogen) atoms. The summed E-state index contributed by atoms with van der Waals surface area (Å²) in [5.74, 6) is -0.288. The van der Waals surface area contributed by atoms with E-state index in [1.54, 1.807) is 12.4 Å². The SMILES string of the molecule is O=C(C1CCC1)N1Cc2nccn2CC(COc2cccnc2)C1.O=C(O)C(F)(F)F. The maximum Gasteiger partial charge on any atom is 0.490 e. The summed E-state index contributed by atoms with van der Waals surface area (Å²) in [6, 6.07) is 3.77. The van der Waals surface area contributed by atoms with Gasteiger partial charge in [0, 0.05) is 43.5 Å². The van der Waals surface area contributed by atoms with Gasteiger partial charge in [-0.15, -0.1) is 0 Å². The van der Waals surface area contributed by atoms with Gasteiger partial charge in [-0.25, -0.2) is 9.78 Å². The fraction of sp³-hybridized carbons (Fsp3) is 0.500. The van der Waals surface area contributed by atoms with Gasteiger partial charge in [0.2, 0.25) is 5.91 Å². The second-order valence-electron chi connectivity index (χ2n) is 7.51. The fourth-order valence-electron chi connectivity index (χ4n) is 3.37. The van der Waals surface area contributed by atoms with Gasteiger partial charge in [-0.05, 0) is 25.0 Å². The van der Waals surface area contributed by atoms with Gasteiger partial charge in [-0.2, -0.15) is 13.2 Å². The Morgan fingerprint density at radius 2 is 1.97 bits per heavy atom. The number of aromatic nitrogens is 3. The van der Waals surface area contributed by atoms with Crippen LogP contribution in [0.25, 0.3) is 0 Å². The Labute approximate surface area is 176 Å². The third kappa shape index (κ3) is 6.19. The highest BCUT2D eigenvalue weighted by Crippen LogP contribution is 2.30. The summed E-state index contributed by atoms with van der Waals surface area (Å²) in [4.78, 5) is 32.1. The monoisotopic (exact) mass is 440 g/mol. The first-order valence-corrected chi connectivity index (χ1v) is 9.85. The van der Waals surface area contributed by atoms with Crippen LogP contribution in [-0.4, -0.2) is 55.7 Å². The molecule has 1 N–H and O–H groups in total. The van der Waals surface area contributed by atoms with Crippen LogP contribution in [0.2, 0.25) is 0 Å². The number of nitrogens with zero attached hydrogens (tertiary/aromatic N) is 4. The van der Waals surface area contributed by atoms with Crippen molar-refractivity contribution >= 4 is 11.9 Å². The molecule has 2 aliphatic rings. The van der Waals surface area contributed by atoms with Crippen molar-refractivity contribution in [2.45, 2.75) is 38.5 Å². The van der Waals surface area contributed by atoms with Crippen molar-refractivity contribution in [3.05, 3.63) is 42.7 Å². The molecule has 8 nitrogen and oxygen atoms in total. The van der Waals surface area contributed by atoms with Crippen molar-refractivity contribution in [2.24, 2.45) is 11.8 Å². The lowest BCUT2D eigenvalue weighted by atomic mass is 9.84. The highest BCUT2D eigenvalue weighted by molar-refractivity contribution is 5.79. The number of fused-ring (bicyclic) bond motifs is 1. The van der Waals surface area contributed by atoms with E-state index in [0.717, 1.165) is 37.5 Å². The second-order valence-corrected chi connectivity index (χ2v) is 7.51. The van der Waals surface area contributed by atoms with Crippen molar-refractivity contribution in [2.75, 3.05) is 13.2 Å². The van der Waals surface area contributed by atoms with Gasteiger partial charge in [-0.1, -0.05) is 6.42 Å². The summed E-state index contributed by atoms with van der Waals surface area (Å²) in [6.45, 7) is 2.71. The molecule has 11 heteroatoms. The second kappa shape index (κ2) is 9.80. The highest BCUT2D eigenvalue weighted by Gasteiger charge is 2.38. The number of ether oxygens (including phenoxy) is 1. The summed E-state index contributed by atoms with van der Waals surface area (Å²) in [5, 5.41) is 7.12. The molecule has 1 atom stereocenters. The molecule has 0 spiro atoms. The number of pyridine rings is 1. The van der Waals surface area contributed by atoms with Gasteiger partial charge >= 0.3 is 12.1 Å². The number of carbonyl (C=O) groups is 2. The smallest absolute Gasteiger partial charge is 0.490 e. The molecule has 0 bridgehead atoms. The molecule has 2 aromatic heterocycles. The van der Waals surface area contributed by atoms with Gasteiger partial charge < -0.3 is 19.3 Å². The number of carboxylic acid groups (broad SMARTS) is 1. The molecule has 3 heterocycles. The number of halogens is 3. The lowest BCUT2D eigenvalue weighted by Crippen LogP contribution is -2.41. The predicted octanol–water partition coefficient (Wildman–Crippen LogP) is 2.75. The third-order valence-electron chi connectivity index (χ3n) is 5.20. The summed E-state index contributed by atoms with van der Waals surface area (Å²) in [5.41, 5.74) is 0. The Bertz CT molecular complexity index is 884. The number of rotatable bonds is 4. The first-order valence-electron chi connectivity index (χ1n) is 9.85. The Hall–Kier alpha value is -3.11. The zero-order chi connectivity index (χ0) is 22.4. The maximum absolute atomic E-state index is 12.7. The van der Waals surface area contributed by atoms with Crippen LogP contribution in [-0.2, 0) is 22.7 Å². The average Bonchev–Trinajstić information content (AvgIpc) is 3.03. The Kier molecular flexibility index (Phi) is 7.13. The number of hydrogen-bond donors (Lipinski definition) is 1. The van der Waals surface area contributed by atoms with E-state index in [2.05, 4.69) is 14.5 Å². The Balaban J connectivity index is 0.000000339. The molecule has 168 valence electrons. The first-order chi connectivity index (χ1) is 14.7. The van der Waals surface area contributed by atoms with E-state index in [0.29, 0.717) is 13.2 Å². The predicted molar refractivity (Wildman–Crippen MR) is 102 cm³/mol. The van der Waals surface area contributed by atoms with Crippen molar-refractivity contribution < 1.29 is 32.6 Å². The molecular weight excluding hydrogens is 417 g/mol. The molecule has 1 aliphatic carbocycles. The van der Waals surface area contributed by atoms with Crippen LogP contribution >= 0.6 is 0 Å². The molecule has 2 aromatic rings. The molecule has 1 unspecified atom stereocenters. The van der Waals surface area contributed by atoms with Crippen LogP contribution in [0.4, 0.5) is 13.2 Å². The zero-order valence-corrected chi connectivity index (χ0v) is 16.7. The topological polar surface area (TPSA) is 97.5 Å². The summed E-state index contributed by atoms with van der Waals surface area (Å²) in [7, 11) is 0. The number of amides is 1. The normalized spacial score (nSPS) is 18.7. The highest BCUT2D eigenvalue weighted by atomic mass is 19.4. The van der Waals surface area contributed by atoms with Gasteiger partial charge in [0.05, 0.1) is 19.3 Å². The molecular formula is C20H23F3N4O4. The van der Waals surface area contributed by atoms with Crippen LogP contribution in [0.1, 0.15) is 25.1 Å².